The monoisotopic (exact) mass is 295 g/mol. The van der Waals surface area contributed by atoms with Crippen molar-refractivity contribution in [1.29, 1.82) is 10.7 Å². The summed E-state index contributed by atoms with van der Waals surface area (Å²) in [5, 5.41) is 19.7. The minimum atomic E-state index is -0.369. The maximum absolute atomic E-state index is 8.77. The number of hydrazone groups is 1. The van der Waals surface area contributed by atoms with Crippen LogP contribution in [0.4, 0.5) is 5.69 Å². The number of benzene rings is 1. The summed E-state index contributed by atoms with van der Waals surface area (Å²) >= 11 is 0. The minimum absolute atomic E-state index is 0.152. The number of amidine groups is 1. The molecule has 7 heteroatoms. The average molecular weight is 295 g/mol. The molecule has 7 nitrogen and oxygen atoms in total. The molecule has 0 radical (unpaired) electrons. The number of imidazole rings is 1. The predicted molar refractivity (Wildman–Crippen MR) is 86.2 cm³/mol. The normalized spacial score (nSPS) is 11.3. The van der Waals surface area contributed by atoms with Crippen molar-refractivity contribution in [3.8, 4) is 11.8 Å². The van der Waals surface area contributed by atoms with Gasteiger partial charge < -0.3 is 10.3 Å². The van der Waals surface area contributed by atoms with Gasteiger partial charge in [0.15, 0.2) is 5.84 Å². The molecule has 1 aromatic heterocycles. The molecule has 0 atom stereocenters. The van der Waals surface area contributed by atoms with E-state index in [1.54, 1.807) is 12.3 Å². The molecule has 0 fully saturated rings. The Morgan fingerprint density at radius 3 is 2.64 bits per heavy atom. The molecular weight excluding hydrogens is 278 g/mol. The lowest BCUT2D eigenvalue weighted by Crippen LogP contribution is -2.21. The van der Waals surface area contributed by atoms with Crippen LogP contribution in [0.3, 0.4) is 0 Å². The van der Waals surface area contributed by atoms with Crippen LogP contribution in [0.5, 0.6) is 0 Å². The standard InChI is InChI=1S/C15H17N7/c1-10(2)15-19-7-8-22(15)12-5-3-11(4-6-12)20-21-13(9-16)14(17)18/h3-8,10,20H,1-2H3,(H3,17,18)/b21-13+. The van der Waals surface area contributed by atoms with Crippen LogP contribution in [0.25, 0.3) is 5.69 Å². The second kappa shape index (κ2) is 6.54. The molecule has 4 N–H and O–H groups in total. The number of nitrogens with two attached hydrogens (primary N) is 1. The van der Waals surface area contributed by atoms with E-state index in [0.717, 1.165) is 11.5 Å². The van der Waals surface area contributed by atoms with Crippen LogP contribution >= 0.6 is 0 Å². The number of anilines is 1. The van der Waals surface area contributed by atoms with Crippen molar-refractivity contribution >= 4 is 17.2 Å². The van der Waals surface area contributed by atoms with E-state index in [9.17, 15) is 0 Å². The number of nitrogens with one attached hydrogen (secondary N) is 2. The Morgan fingerprint density at radius 2 is 2.09 bits per heavy atom. The number of aromatic nitrogens is 2. The lowest BCUT2D eigenvalue weighted by Gasteiger charge is -2.11. The highest BCUT2D eigenvalue weighted by molar-refractivity contribution is 6.45. The van der Waals surface area contributed by atoms with Crippen LogP contribution in [-0.4, -0.2) is 21.1 Å². The van der Waals surface area contributed by atoms with Gasteiger partial charge in [0.05, 0.1) is 5.69 Å². The summed E-state index contributed by atoms with van der Waals surface area (Å²) in [5.41, 5.74) is 9.47. The number of rotatable bonds is 5. The van der Waals surface area contributed by atoms with E-state index in [0.29, 0.717) is 11.6 Å². The van der Waals surface area contributed by atoms with E-state index in [-0.39, 0.29) is 11.5 Å². The molecule has 0 saturated carbocycles. The zero-order chi connectivity index (χ0) is 16.1. The van der Waals surface area contributed by atoms with Gasteiger partial charge in [-0.05, 0) is 24.3 Å². The van der Waals surface area contributed by atoms with Crippen LogP contribution in [0.15, 0.2) is 41.8 Å². The van der Waals surface area contributed by atoms with Gasteiger partial charge in [-0.15, -0.1) is 0 Å². The van der Waals surface area contributed by atoms with Gasteiger partial charge in [0, 0.05) is 24.0 Å². The molecule has 112 valence electrons. The van der Waals surface area contributed by atoms with Gasteiger partial charge >= 0.3 is 0 Å². The predicted octanol–water partition coefficient (Wildman–Crippen LogP) is 2.22. The van der Waals surface area contributed by atoms with Crippen LogP contribution in [0, 0.1) is 16.7 Å². The molecule has 0 spiro atoms. The fourth-order valence-electron chi connectivity index (χ4n) is 1.92. The Bertz CT molecular complexity index is 732. The van der Waals surface area contributed by atoms with Crippen LogP contribution in [0.2, 0.25) is 0 Å². The highest BCUT2D eigenvalue weighted by atomic mass is 15.3. The zero-order valence-corrected chi connectivity index (χ0v) is 12.4. The molecule has 0 unspecified atom stereocenters. The molecule has 22 heavy (non-hydrogen) atoms. The maximum atomic E-state index is 8.77. The van der Waals surface area contributed by atoms with Crippen molar-refractivity contribution < 1.29 is 0 Å². The topological polar surface area (TPSA) is 116 Å². The Labute approximate surface area is 128 Å². The van der Waals surface area contributed by atoms with Crippen molar-refractivity contribution in [2.45, 2.75) is 19.8 Å². The molecule has 0 aliphatic carbocycles. The van der Waals surface area contributed by atoms with Crippen molar-refractivity contribution in [2.24, 2.45) is 10.8 Å². The molecule has 0 bridgehead atoms. The van der Waals surface area contributed by atoms with E-state index in [1.165, 1.54) is 0 Å². The van der Waals surface area contributed by atoms with Gasteiger partial charge in [-0.1, -0.05) is 13.8 Å². The first-order valence-electron chi connectivity index (χ1n) is 6.74. The van der Waals surface area contributed by atoms with Gasteiger partial charge in [-0.25, -0.2) is 4.98 Å². The summed E-state index contributed by atoms with van der Waals surface area (Å²) in [6.45, 7) is 4.18. The molecular formula is C15H17N7. The van der Waals surface area contributed by atoms with Crippen LogP contribution in [0.1, 0.15) is 25.6 Å². The fraction of sp³-hybridized carbons (Fsp3) is 0.200. The first-order chi connectivity index (χ1) is 10.5. The van der Waals surface area contributed by atoms with Gasteiger partial charge in [-0.3, -0.25) is 10.8 Å². The third kappa shape index (κ3) is 3.30. The summed E-state index contributed by atoms with van der Waals surface area (Å²) in [7, 11) is 0. The number of hydrogen-bond donors (Lipinski definition) is 3. The summed E-state index contributed by atoms with van der Waals surface area (Å²) in [5.74, 6) is 0.944. The number of hydrogen-bond acceptors (Lipinski definition) is 5. The maximum Gasteiger partial charge on any atom is 0.201 e. The summed E-state index contributed by atoms with van der Waals surface area (Å²) in [6.07, 6.45) is 3.69. The van der Waals surface area contributed by atoms with E-state index in [4.69, 9.17) is 16.4 Å². The van der Waals surface area contributed by atoms with E-state index in [2.05, 4.69) is 29.4 Å². The van der Waals surface area contributed by atoms with E-state index >= 15 is 0 Å². The van der Waals surface area contributed by atoms with Crippen LogP contribution in [-0.2, 0) is 0 Å². The molecule has 1 aromatic carbocycles. The quantitative estimate of drug-likeness (QED) is 0.445. The molecule has 0 aliphatic rings. The van der Waals surface area contributed by atoms with E-state index < -0.39 is 0 Å². The van der Waals surface area contributed by atoms with Crippen LogP contribution < -0.4 is 11.2 Å². The Hall–Kier alpha value is -3.14. The fourth-order valence-corrected chi connectivity index (χ4v) is 1.92. The van der Waals surface area contributed by atoms with Crippen molar-refractivity contribution in [2.75, 3.05) is 5.43 Å². The second-order valence-electron chi connectivity index (χ2n) is 4.95. The Kier molecular flexibility index (Phi) is 4.53. The third-order valence-electron chi connectivity index (χ3n) is 2.99. The molecule has 1 heterocycles. The summed E-state index contributed by atoms with van der Waals surface area (Å²) in [4.78, 5) is 4.36. The van der Waals surface area contributed by atoms with Gasteiger partial charge in [-0.2, -0.15) is 10.4 Å². The zero-order valence-electron chi connectivity index (χ0n) is 12.4. The molecule has 2 aromatic rings. The molecule has 0 aliphatic heterocycles. The highest BCUT2D eigenvalue weighted by Gasteiger charge is 2.08. The highest BCUT2D eigenvalue weighted by Crippen LogP contribution is 2.19. The first kappa shape index (κ1) is 15.3. The van der Waals surface area contributed by atoms with Gasteiger partial charge in [0.1, 0.15) is 11.9 Å². The SMILES string of the molecule is CC(C)c1nccn1-c1ccc(N/N=C(\C#N)C(=N)N)cc1. The molecule has 2 rings (SSSR count). The minimum Gasteiger partial charge on any atom is -0.382 e. The number of nitriles is 1. The smallest absolute Gasteiger partial charge is 0.201 e. The third-order valence-corrected chi connectivity index (χ3v) is 2.99. The number of nitrogens with zero attached hydrogens (tertiary/aromatic N) is 4. The Balaban J connectivity index is 2.19. The van der Waals surface area contributed by atoms with E-state index in [1.807, 2.05) is 35.0 Å². The Morgan fingerprint density at radius 1 is 1.41 bits per heavy atom. The van der Waals surface area contributed by atoms with Crippen molar-refractivity contribution in [3.63, 3.8) is 0 Å². The molecule has 0 amide bonds. The largest absolute Gasteiger partial charge is 0.382 e. The van der Waals surface area contributed by atoms with Crippen molar-refractivity contribution in [1.82, 2.24) is 9.55 Å². The summed E-state index contributed by atoms with van der Waals surface area (Å²) < 4.78 is 2.02. The second-order valence-corrected chi connectivity index (χ2v) is 4.95. The van der Waals surface area contributed by atoms with Crippen molar-refractivity contribution in [3.05, 3.63) is 42.5 Å². The first-order valence-corrected chi connectivity index (χ1v) is 6.74. The lowest BCUT2D eigenvalue weighted by molar-refractivity contribution is 0.752. The van der Waals surface area contributed by atoms with Gasteiger partial charge in [0.2, 0.25) is 5.71 Å². The van der Waals surface area contributed by atoms with Gasteiger partial charge in [0.25, 0.3) is 0 Å². The summed E-state index contributed by atoms with van der Waals surface area (Å²) in [6, 6.07) is 9.26. The molecule has 0 saturated heterocycles. The lowest BCUT2D eigenvalue weighted by atomic mass is 10.2. The average Bonchev–Trinajstić information content (AvgIpc) is 2.98.